The fraction of sp³-hybridized carbons (Fsp3) is 0.286. The summed E-state index contributed by atoms with van der Waals surface area (Å²) in [6.45, 7) is 5.43. The van der Waals surface area contributed by atoms with E-state index in [1.807, 2.05) is 13.8 Å². The van der Waals surface area contributed by atoms with Crippen molar-refractivity contribution in [3.8, 4) is 0 Å². The molecular formula is C14H18N2O3S. The second-order valence-corrected chi connectivity index (χ2v) is 6.55. The van der Waals surface area contributed by atoms with Crippen molar-refractivity contribution in [3.63, 3.8) is 0 Å². The zero-order chi connectivity index (χ0) is 14.9. The molecule has 1 aromatic carbocycles. The fourth-order valence-electron chi connectivity index (χ4n) is 1.96. The highest BCUT2D eigenvalue weighted by atomic mass is 32.2. The predicted molar refractivity (Wildman–Crippen MR) is 77.8 cm³/mol. The highest BCUT2D eigenvalue weighted by molar-refractivity contribution is 7.89. The van der Waals surface area contributed by atoms with Crippen LogP contribution in [0.15, 0.2) is 33.6 Å². The monoisotopic (exact) mass is 294 g/mol. The molecule has 3 N–H and O–H groups in total. The molecule has 6 heteroatoms. The average Bonchev–Trinajstić information content (AvgIpc) is 2.77. The number of furan rings is 1. The van der Waals surface area contributed by atoms with Crippen molar-refractivity contribution >= 4 is 15.7 Å². The smallest absolute Gasteiger partial charge is 0.241 e. The molecule has 0 unspecified atom stereocenters. The van der Waals surface area contributed by atoms with Gasteiger partial charge in [-0.05, 0) is 56.2 Å². The summed E-state index contributed by atoms with van der Waals surface area (Å²) >= 11 is 0. The number of anilines is 1. The number of benzene rings is 1. The van der Waals surface area contributed by atoms with Crippen molar-refractivity contribution in [1.29, 1.82) is 0 Å². The number of aryl methyl sites for hydroxylation is 2. The summed E-state index contributed by atoms with van der Waals surface area (Å²) in [6, 6.07) is 6.90. The molecule has 5 nitrogen and oxygen atoms in total. The second-order valence-electron chi connectivity index (χ2n) is 4.81. The summed E-state index contributed by atoms with van der Waals surface area (Å²) < 4.78 is 32.5. The minimum Gasteiger partial charge on any atom is -0.465 e. The van der Waals surface area contributed by atoms with Gasteiger partial charge in [0.2, 0.25) is 10.0 Å². The Hall–Kier alpha value is -1.79. The third-order valence-electron chi connectivity index (χ3n) is 3.07. The fourth-order valence-corrected chi connectivity index (χ4v) is 3.31. The first-order valence-corrected chi connectivity index (χ1v) is 7.69. The highest BCUT2D eigenvalue weighted by Crippen LogP contribution is 2.23. The van der Waals surface area contributed by atoms with Gasteiger partial charge in [-0.3, -0.25) is 0 Å². The molecule has 0 bridgehead atoms. The van der Waals surface area contributed by atoms with E-state index < -0.39 is 10.0 Å². The molecule has 0 atom stereocenters. The summed E-state index contributed by atoms with van der Waals surface area (Å²) in [4.78, 5) is 0.207. The summed E-state index contributed by atoms with van der Waals surface area (Å²) in [5.41, 5.74) is 7.65. The number of hydrogen-bond acceptors (Lipinski definition) is 4. The van der Waals surface area contributed by atoms with Crippen LogP contribution in [0, 0.1) is 20.8 Å². The molecule has 2 rings (SSSR count). The van der Waals surface area contributed by atoms with Crippen LogP contribution in [0.25, 0.3) is 0 Å². The molecular weight excluding hydrogens is 276 g/mol. The topological polar surface area (TPSA) is 85.3 Å². The molecule has 2 aromatic rings. The maximum absolute atomic E-state index is 12.3. The van der Waals surface area contributed by atoms with E-state index in [0.29, 0.717) is 17.0 Å². The van der Waals surface area contributed by atoms with Gasteiger partial charge in [0, 0.05) is 5.69 Å². The van der Waals surface area contributed by atoms with Crippen molar-refractivity contribution in [2.75, 3.05) is 5.73 Å². The molecule has 0 aliphatic heterocycles. The third kappa shape index (κ3) is 3.02. The van der Waals surface area contributed by atoms with Gasteiger partial charge in [0.05, 0.1) is 11.4 Å². The molecule has 0 radical (unpaired) electrons. The standard InChI is InChI=1S/C14H18N2O3S/c1-9-6-13(15)11(3)14(7-9)20(17,18)16-8-12-5-4-10(2)19-12/h4-7,16H,8,15H2,1-3H3. The Kier molecular flexibility index (Phi) is 3.87. The Morgan fingerprint density at radius 2 is 1.90 bits per heavy atom. The Labute approximate surface area is 118 Å². The van der Waals surface area contributed by atoms with Gasteiger partial charge in [0.1, 0.15) is 11.5 Å². The van der Waals surface area contributed by atoms with E-state index in [1.165, 1.54) is 0 Å². The van der Waals surface area contributed by atoms with E-state index in [4.69, 9.17) is 10.2 Å². The lowest BCUT2D eigenvalue weighted by Crippen LogP contribution is -2.24. The van der Waals surface area contributed by atoms with E-state index in [0.717, 1.165) is 11.3 Å². The minimum atomic E-state index is -3.61. The first-order chi connectivity index (χ1) is 9.29. The number of nitrogens with one attached hydrogen (secondary N) is 1. The Bertz CT molecular complexity index is 733. The number of nitrogens with two attached hydrogens (primary N) is 1. The quantitative estimate of drug-likeness (QED) is 0.847. The lowest BCUT2D eigenvalue weighted by molar-refractivity contribution is 0.475. The number of nitrogen functional groups attached to an aromatic ring is 1. The van der Waals surface area contributed by atoms with Gasteiger partial charge in [0.25, 0.3) is 0 Å². The van der Waals surface area contributed by atoms with Crippen LogP contribution in [-0.4, -0.2) is 8.42 Å². The number of rotatable bonds is 4. The van der Waals surface area contributed by atoms with Gasteiger partial charge in [-0.1, -0.05) is 0 Å². The van der Waals surface area contributed by atoms with Gasteiger partial charge in [-0.25, -0.2) is 13.1 Å². The second kappa shape index (κ2) is 5.30. The van der Waals surface area contributed by atoms with Crippen molar-refractivity contribution in [3.05, 3.63) is 46.9 Å². The van der Waals surface area contributed by atoms with E-state index in [9.17, 15) is 8.42 Å². The summed E-state index contributed by atoms with van der Waals surface area (Å²) in [5, 5.41) is 0. The van der Waals surface area contributed by atoms with Crippen molar-refractivity contribution in [1.82, 2.24) is 4.72 Å². The molecule has 0 saturated heterocycles. The van der Waals surface area contributed by atoms with Gasteiger partial charge < -0.3 is 10.2 Å². The lowest BCUT2D eigenvalue weighted by atomic mass is 10.1. The Morgan fingerprint density at radius 3 is 2.50 bits per heavy atom. The maximum atomic E-state index is 12.3. The van der Waals surface area contributed by atoms with E-state index in [2.05, 4.69) is 4.72 Å². The molecule has 0 fully saturated rings. The first kappa shape index (κ1) is 14.6. The van der Waals surface area contributed by atoms with Crippen LogP contribution >= 0.6 is 0 Å². The molecule has 108 valence electrons. The third-order valence-corrected chi connectivity index (χ3v) is 4.59. The SMILES string of the molecule is Cc1cc(N)c(C)c(S(=O)(=O)NCc2ccc(C)o2)c1. The summed E-state index contributed by atoms with van der Waals surface area (Å²) in [6.07, 6.45) is 0. The molecule has 20 heavy (non-hydrogen) atoms. The largest absolute Gasteiger partial charge is 0.465 e. The number of sulfonamides is 1. The Balaban J connectivity index is 2.27. The summed E-state index contributed by atoms with van der Waals surface area (Å²) in [5.74, 6) is 1.32. The van der Waals surface area contributed by atoms with Gasteiger partial charge in [0.15, 0.2) is 0 Å². The van der Waals surface area contributed by atoms with Crippen LogP contribution in [0.1, 0.15) is 22.6 Å². The molecule has 1 heterocycles. The van der Waals surface area contributed by atoms with E-state index in [-0.39, 0.29) is 11.4 Å². The highest BCUT2D eigenvalue weighted by Gasteiger charge is 2.19. The molecule has 0 spiro atoms. The molecule has 0 aliphatic carbocycles. The minimum absolute atomic E-state index is 0.115. The van der Waals surface area contributed by atoms with Crippen LogP contribution in [0.4, 0.5) is 5.69 Å². The zero-order valence-electron chi connectivity index (χ0n) is 11.7. The molecule has 1 aromatic heterocycles. The molecule has 0 amide bonds. The van der Waals surface area contributed by atoms with Crippen molar-refractivity contribution in [2.24, 2.45) is 0 Å². The van der Waals surface area contributed by atoms with Crippen molar-refractivity contribution < 1.29 is 12.8 Å². The zero-order valence-corrected chi connectivity index (χ0v) is 12.5. The van der Waals surface area contributed by atoms with Crippen LogP contribution in [0.3, 0.4) is 0 Å². The van der Waals surface area contributed by atoms with Crippen LogP contribution in [-0.2, 0) is 16.6 Å². The van der Waals surface area contributed by atoms with Gasteiger partial charge in [-0.15, -0.1) is 0 Å². The predicted octanol–water partition coefficient (Wildman–Crippen LogP) is 2.27. The normalized spacial score (nSPS) is 11.8. The maximum Gasteiger partial charge on any atom is 0.241 e. The summed E-state index contributed by atoms with van der Waals surface area (Å²) in [7, 11) is -3.61. The van der Waals surface area contributed by atoms with E-state index >= 15 is 0 Å². The van der Waals surface area contributed by atoms with Crippen LogP contribution < -0.4 is 10.5 Å². The first-order valence-electron chi connectivity index (χ1n) is 6.21. The van der Waals surface area contributed by atoms with Crippen LogP contribution in [0.2, 0.25) is 0 Å². The Morgan fingerprint density at radius 1 is 1.20 bits per heavy atom. The van der Waals surface area contributed by atoms with Gasteiger partial charge >= 0.3 is 0 Å². The van der Waals surface area contributed by atoms with Gasteiger partial charge in [-0.2, -0.15) is 0 Å². The van der Waals surface area contributed by atoms with E-state index in [1.54, 1.807) is 31.2 Å². The van der Waals surface area contributed by atoms with Crippen LogP contribution in [0.5, 0.6) is 0 Å². The average molecular weight is 294 g/mol. The van der Waals surface area contributed by atoms with Crippen molar-refractivity contribution in [2.45, 2.75) is 32.2 Å². The number of hydrogen-bond donors (Lipinski definition) is 2. The molecule has 0 saturated carbocycles. The molecule has 0 aliphatic rings. The lowest BCUT2D eigenvalue weighted by Gasteiger charge is -2.11.